The molecule has 1 fully saturated rings. The number of halogens is 1. The van der Waals surface area contributed by atoms with Crippen LogP contribution in [0.3, 0.4) is 0 Å². The Morgan fingerprint density at radius 1 is 1.33 bits per heavy atom. The van der Waals surface area contributed by atoms with Crippen LogP contribution in [-0.2, 0) is 19.0 Å². The van der Waals surface area contributed by atoms with Crippen molar-refractivity contribution in [3.05, 3.63) is 28.7 Å². The van der Waals surface area contributed by atoms with Crippen molar-refractivity contribution < 1.29 is 17.3 Å². The lowest BCUT2D eigenvalue weighted by Crippen LogP contribution is -2.40. The molecule has 0 N–H and O–H groups in total. The van der Waals surface area contributed by atoms with E-state index >= 15 is 0 Å². The first-order chi connectivity index (χ1) is 9.68. The molecule has 0 bridgehead atoms. The molecule has 2 rings (SSSR count). The van der Waals surface area contributed by atoms with E-state index in [-0.39, 0.29) is 23.1 Å². The Balaban J connectivity index is 1.93. The molecule has 1 aliphatic heterocycles. The smallest absolute Gasteiger partial charge is 0.297 e. The lowest BCUT2D eigenvalue weighted by molar-refractivity contribution is 0.0441. The molecule has 5 nitrogen and oxygen atoms in total. The SMILES string of the molecule is CC(C)(C)N1COC(COS(=O)(=O)c2ccc(Br)cc2)C1. The number of ether oxygens (including phenoxy) is 1. The molecular weight excluding hydrogens is 358 g/mol. The van der Waals surface area contributed by atoms with Gasteiger partial charge in [-0.15, -0.1) is 0 Å². The second kappa shape index (κ2) is 6.34. The highest BCUT2D eigenvalue weighted by Gasteiger charge is 2.32. The minimum absolute atomic E-state index is 0.000663. The molecule has 1 saturated heterocycles. The van der Waals surface area contributed by atoms with Crippen molar-refractivity contribution >= 4 is 26.0 Å². The van der Waals surface area contributed by atoms with Crippen molar-refractivity contribution in [2.45, 2.75) is 37.3 Å². The molecule has 1 atom stereocenters. The van der Waals surface area contributed by atoms with Gasteiger partial charge in [-0.25, -0.2) is 0 Å². The fraction of sp³-hybridized carbons (Fsp3) is 0.571. The molecule has 118 valence electrons. The van der Waals surface area contributed by atoms with Gasteiger partial charge in [-0.1, -0.05) is 15.9 Å². The quantitative estimate of drug-likeness (QED) is 0.754. The maximum atomic E-state index is 12.1. The van der Waals surface area contributed by atoms with Gasteiger partial charge in [0.05, 0.1) is 17.6 Å². The molecule has 0 aromatic heterocycles. The summed E-state index contributed by atoms with van der Waals surface area (Å²) >= 11 is 3.27. The maximum Gasteiger partial charge on any atom is 0.297 e. The Kier molecular flexibility index (Phi) is 5.10. The highest BCUT2D eigenvalue weighted by Crippen LogP contribution is 2.21. The number of rotatable bonds is 4. The molecule has 7 heteroatoms. The van der Waals surface area contributed by atoms with Crippen LogP contribution < -0.4 is 0 Å². The van der Waals surface area contributed by atoms with Crippen molar-refractivity contribution in [3.63, 3.8) is 0 Å². The topological polar surface area (TPSA) is 55.8 Å². The predicted octanol–water partition coefficient (Wildman–Crippen LogP) is 2.61. The summed E-state index contributed by atoms with van der Waals surface area (Å²) in [7, 11) is -3.74. The number of nitrogens with zero attached hydrogens (tertiary/aromatic N) is 1. The van der Waals surface area contributed by atoms with E-state index in [0.717, 1.165) is 4.47 Å². The molecule has 0 aliphatic carbocycles. The van der Waals surface area contributed by atoms with Gasteiger partial charge in [0.2, 0.25) is 0 Å². The summed E-state index contributed by atoms with van der Waals surface area (Å²) in [4.78, 5) is 2.30. The van der Waals surface area contributed by atoms with Gasteiger partial charge in [-0.05, 0) is 45.0 Å². The summed E-state index contributed by atoms with van der Waals surface area (Å²) in [6, 6.07) is 6.36. The van der Waals surface area contributed by atoms with Crippen molar-refractivity contribution in [1.82, 2.24) is 4.90 Å². The van der Waals surface area contributed by atoms with Gasteiger partial charge < -0.3 is 4.74 Å². The van der Waals surface area contributed by atoms with Crippen LogP contribution in [0.5, 0.6) is 0 Å². The third-order valence-electron chi connectivity index (χ3n) is 3.35. The Morgan fingerprint density at radius 3 is 2.48 bits per heavy atom. The fourth-order valence-electron chi connectivity index (χ4n) is 1.95. The van der Waals surface area contributed by atoms with Crippen LogP contribution in [0.25, 0.3) is 0 Å². The molecule has 1 heterocycles. The van der Waals surface area contributed by atoms with Gasteiger partial charge in [0.15, 0.2) is 0 Å². The minimum Gasteiger partial charge on any atom is -0.359 e. The lowest BCUT2D eigenvalue weighted by Gasteiger charge is -2.29. The zero-order chi connectivity index (χ0) is 15.7. The Morgan fingerprint density at radius 2 is 1.95 bits per heavy atom. The highest BCUT2D eigenvalue weighted by molar-refractivity contribution is 9.10. The third-order valence-corrected chi connectivity index (χ3v) is 5.17. The minimum atomic E-state index is -3.74. The molecule has 0 spiro atoms. The Bertz CT molecular complexity index is 580. The van der Waals surface area contributed by atoms with E-state index in [2.05, 4.69) is 41.6 Å². The summed E-state index contributed by atoms with van der Waals surface area (Å²) < 4.78 is 35.6. The van der Waals surface area contributed by atoms with Crippen molar-refractivity contribution in [2.24, 2.45) is 0 Å². The van der Waals surface area contributed by atoms with Crippen LogP contribution in [0.2, 0.25) is 0 Å². The Labute approximate surface area is 134 Å². The molecule has 0 saturated carbocycles. The van der Waals surface area contributed by atoms with Gasteiger partial charge in [-0.3, -0.25) is 9.08 Å². The van der Waals surface area contributed by atoms with Crippen molar-refractivity contribution in [3.8, 4) is 0 Å². The normalized spacial score (nSPS) is 20.9. The summed E-state index contributed by atoms with van der Waals surface area (Å²) in [5.41, 5.74) is -0.000663. The van der Waals surface area contributed by atoms with Crippen LogP contribution in [0.1, 0.15) is 20.8 Å². The molecule has 1 aromatic rings. The number of hydrogen-bond acceptors (Lipinski definition) is 5. The third kappa shape index (κ3) is 4.50. The van der Waals surface area contributed by atoms with E-state index in [9.17, 15) is 8.42 Å². The van der Waals surface area contributed by atoms with Crippen LogP contribution in [0, 0.1) is 0 Å². The first-order valence-corrected chi connectivity index (χ1v) is 8.90. The zero-order valence-corrected chi connectivity index (χ0v) is 14.8. The average molecular weight is 378 g/mol. The first-order valence-electron chi connectivity index (χ1n) is 6.70. The van der Waals surface area contributed by atoms with E-state index in [4.69, 9.17) is 8.92 Å². The van der Waals surface area contributed by atoms with E-state index in [1.165, 1.54) is 12.1 Å². The number of hydrogen-bond donors (Lipinski definition) is 0. The fourth-order valence-corrected chi connectivity index (χ4v) is 3.15. The molecular formula is C14H20BrNO4S. The summed E-state index contributed by atoms with van der Waals surface area (Å²) in [6.07, 6.45) is -0.227. The number of benzene rings is 1. The van der Waals surface area contributed by atoms with Crippen LogP contribution >= 0.6 is 15.9 Å². The first kappa shape index (κ1) is 16.9. The van der Waals surface area contributed by atoms with Crippen molar-refractivity contribution in [2.75, 3.05) is 19.9 Å². The van der Waals surface area contributed by atoms with E-state index in [1.54, 1.807) is 12.1 Å². The molecule has 21 heavy (non-hydrogen) atoms. The van der Waals surface area contributed by atoms with Gasteiger partial charge in [-0.2, -0.15) is 8.42 Å². The molecule has 0 radical (unpaired) electrons. The van der Waals surface area contributed by atoms with Gasteiger partial charge >= 0.3 is 0 Å². The van der Waals surface area contributed by atoms with E-state index in [0.29, 0.717) is 13.3 Å². The maximum absolute atomic E-state index is 12.1. The van der Waals surface area contributed by atoms with Crippen LogP contribution in [0.15, 0.2) is 33.6 Å². The molecule has 1 aliphatic rings. The zero-order valence-electron chi connectivity index (χ0n) is 12.4. The van der Waals surface area contributed by atoms with Gasteiger partial charge in [0.25, 0.3) is 10.1 Å². The summed E-state index contributed by atoms with van der Waals surface area (Å²) in [5, 5.41) is 0. The monoisotopic (exact) mass is 377 g/mol. The van der Waals surface area contributed by atoms with Crippen LogP contribution in [0.4, 0.5) is 0 Å². The summed E-state index contributed by atoms with van der Waals surface area (Å²) in [6.45, 7) is 7.48. The summed E-state index contributed by atoms with van der Waals surface area (Å²) in [5.74, 6) is 0. The average Bonchev–Trinajstić information content (AvgIpc) is 2.86. The second-order valence-corrected chi connectivity index (χ2v) is 8.53. The molecule has 1 aromatic carbocycles. The Hall–Kier alpha value is -0.470. The predicted molar refractivity (Wildman–Crippen MR) is 83.5 cm³/mol. The molecule has 1 unspecified atom stereocenters. The lowest BCUT2D eigenvalue weighted by atomic mass is 10.1. The largest absolute Gasteiger partial charge is 0.359 e. The van der Waals surface area contributed by atoms with Gasteiger partial charge in [0.1, 0.15) is 6.73 Å². The highest BCUT2D eigenvalue weighted by atomic mass is 79.9. The van der Waals surface area contributed by atoms with E-state index in [1.807, 2.05) is 0 Å². The second-order valence-electron chi connectivity index (χ2n) is 6.00. The standard InChI is InChI=1S/C14H20BrNO4S/c1-14(2,3)16-8-12(19-10-16)9-20-21(17,18)13-6-4-11(15)5-7-13/h4-7,12H,8-10H2,1-3H3. The van der Waals surface area contributed by atoms with Crippen LogP contribution in [-0.4, -0.2) is 44.8 Å². The molecule has 0 amide bonds. The van der Waals surface area contributed by atoms with E-state index < -0.39 is 10.1 Å². The van der Waals surface area contributed by atoms with Crippen molar-refractivity contribution in [1.29, 1.82) is 0 Å². The van der Waals surface area contributed by atoms with Gasteiger partial charge in [0, 0.05) is 16.6 Å².